The third-order valence-corrected chi connectivity index (χ3v) is 3.93. The van der Waals surface area contributed by atoms with Crippen molar-refractivity contribution in [1.29, 1.82) is 0 Å². The molecule has 1 amide bonds. The summed E-state index contributed by atoms with van der Waals surface area (Å²) in [7, 11) is 1.52. The van der Waals surface area contributed by atoms with E-state index in [2.05, 4.69) is 6.58 Å². The molecule has 0 saturated heterocycles. The van der Waals surface area contributed by atoms with E-state index in [4.69, 9.17) is 14.2 Å². The summed E-state index contributed by atoms with van der Waals surface area (Å²) < 4.78 is 15.8. The van der Waals surface area contributed by atoms with E-state index in [1.807, 2.05) is 43.3 Å². The predicted octanol–water partition coefficient (Wildman–Crippen LogP) is 3.87. The Morgan fingerprint density at radius 3 is 2.48 bits per heavy atom. The van der Waals surface area contributed by atoms with Gasteiger partial charge in [-0.25, -0.2) is 4.79 Å². The fraction of sp³-hybridized carbons (Fsp3) is 0.217. The highest BCUT2D eigenvalue weighted by Gasteiger charge is 2.17. The Balaban J connectivity index is 1.90. The van der Waals surface area contributed by atoms with Gasteiger partial charge >= 0.3 is 5.97 Å². The molecular formula is C23H25NO5. The Bertz CT molecular complexity index is 861. The van der Waals surface area contributed by atoms with E-state index in [1.165, 1.54) is 12.0 Å². The summed E-state index contributed by atoms with van der Waals surface area (Å²) in [6.45, 7) is 5.17. The summed E-state index contributed by atoms with van der Waals surface area (Å²) >= 11 is 0. The quantitative estimate of drug-likeness (QED) is 0.451. The molecule has 0 saturated carbocycles. The van der Waals surface area contributed by atoms with Crippen molar-refractivity contribution in [2.75, 3.05) is 31.8 Å². The Kier molecular flexibility index (Phi) is 8.51. The second-order valence-corrected chi connectivity index (χ2v) is 5.99. The maximum atomic E-state index is 12.4. The molecule has 152 valence electrons. The monoisotopic (exact) mass is 395 g/mol. The molecule has 6 nitrogen and oxygen atoms in total. The second-order valence-electron chi connectivity index (χ2n) is 5.99. The summed E-state index contributed by atoms with van der Waals surface area (Å²) in [5.41, 5.74) is 1.66. The number of carbonyl (C=O) groups excluding carboxylic acids is 2. The van der Waals surface area contributed by atoms with Gasteiger partial charge in [0.15, 0.2) is 24.7 Å². The Morgan fingerprint density at radius 1 is 1.07 bits per heavy atom. The van der Waals surface area contributed by atoms with Gasteiger partial charge in [0.05, 0.1) is 7.11 Å². The maximum Gasteiger partial charge on any atom is 0.344 e. The molecule has 0 atom stereocenters. The molecule has 0 unspecified atom stereocenters. The van der Waals surface area contributed by atoms with E-state index in [9.17, 15) is 9.59 Å². The molecule has 0 aliphatic heterocycles. The molecule has 0 radical (unpaired) electrons. The molecule has 0 aliphatic carbocycles. The number of esters is 1. The van der Waals surface area contributed by atoms with Crippen LogP contribution in [-0.2, 0) is 14.3 Å². The van der Waals surface area contributed by atoms with Crippen LogP contribution in [0.5, 0.6) is 11.5 Å². The van der Waals surface area contributed by atoms with E-state index in [-0.39, 0.29) is 19.1 Å². The van der Waals surface area contributed by atoms with Gasteiger partial charge in [0.25, 0.3) is 5.91 Å². The number of rotatable bonds is 10. The number of hydrogen-bond donors (Lipinski definition) is 0. The lowest BCUT2D eigenvalue weighted by Gasteiger charge is -2.21. The van der Waals surface area contributed by atoms with E-state index >= 15 is 0 Å². The predicted molar refractivity (Wildman–Crippen MR) is 113 cm³/mol. The van der Waals surface area contributed by atoms with Crippen LogP contribution in [0.15, 0.2) is 67.3 Å². The number of ether oxygens (including phenoxy) is 3. The fourth-order valence-corrected chi connectivity index (χ4v) is 2.59. The summed E-state index contributed by atoms with van der Waals surface area (Å²) in [5.74, 6) is -0.0744. The minimum atomic E-state index is -0.649. The molecule has 2 aromatic rings. The van der Waals surface area contributed by atoms with Crippen LogP contribution in [0, 0.1) is 0 Å². The van der Waals surface area contributed by atoms with Crippen molar-refractivity contribution < 1.29 is 23.8 Å². The first-order valence-electron chi connectivity index (χ1n) is 9.14. The van der Waals surface area contributed by atoms with Crippen LogP contribution in [0.2, 0.25) is 0 Å². The lowest BCUT2D eigenvalue weighted by Crippen LogP contribution is -2.35. The van der Waals surface area contributed by atoms with Crippen LogP contribution in [0.25, 0.3) is 6.08 Å². The van der Waals surface area contributed by atoms with Crippen molar-refractivity contribution in [3.05, 3.63) is 72.8 Å². The van der Waals surface area contributed by atoms with Crippen LogP contribution in [0.1, 0.15) is 12.5 Å². The van der Waals surface area contributed by atoms with Crippen molar-refractivity contribution >= 4 is 23.6 Å². The van der Waals surface area contributed by atoms with Crippen molar-refractivity contribution in [2.45, 2.75) is 6.92 Å². The molecule has 2 aromatic carbocycles. The molecule has 0 aliphatic rings. The van der Waals surface area contributed by atoms with E-state index in [0.717, 1.165) is 5.56 Å². The van der Waals surface area contributed by atoms with Gasteiger partial charge in [0.1, 0.15) is 0 Å². The first-order chi connectivity index (χ1) is 14.1. The standard InChI is InChI=1S/C23H25NO5/c1-4-9-18-12-13-20(21(15-18)27-3)28-17-23(26)29-16-22(25)24(14-5-2)19-10-7-6-8-11-19/h4-13,15H,2,14,16-17H2,1,3H3/b9-4+. The summed E-state index contributed by atoms with van der Waals surface area (Å²) in [5, 5.41) is 0. The first-order valence-corrected chi connectivity index (χ1v) is 9.14. The molecular weight excluding hydrogens is 370 g/mol. The van der Waals surface area contributed by atoms with E-state index in [1.54, 1.807) is 30.3 Å². The van der Waals surface area contributed by atoms with Crippen LogP contribution in [0.3, 0.4) is 0 Å². The lowest BCUT2D eigenvalue weighted by atomic mass is 10.2. The number of benzene rings is 2. The summed E-state index contributed by atoms with van der Waals surface area (Å²) in [6, 6.07) is 14.5. The van der Waals surface area contributed by atoms with Gasteiger partial charge in [-0.2, -0.15) is 0 Å². The van der Waals surface area contributed by atoms with Crippen molar-refractivity contribution in [3.63, 3.8) is 0 Å². The molecule has 0 fully saturated rings. The number of allylic oxidation sites excluding steroid dienone is 1. The highest BCUT2D eigenvalue weighted by molar-refractivity contribution is 5.95. The first kappa shape index (κ1) is 21.8. The van der Waals surface area contributed by atoms with Crippen molar-refractivity contribution in [2.24, 2.45) is 0 Å². The molecule has 0 bridgehead atoms. The largest absolute Gasteiger partial charge is 0.493 e. The van der Waals surface area contributed by atoms with Crippen molar-refractivity contribution in [3.8, 4) is 11.5 Å². The van der Waals surface area contributed by atoms with Crippen LogP contribution in [-0.4, -0.2) is 38.7 Å². The van der Waals surface area contributed by atoms with Gasteiger partial charge in [0, 0.05) is 12.2 Å². The third kappa shape index (κ3) is 6.53. The second kappa shape index (κ2) is 11.3. The molecule has 0 aromatic heterocycles. The zero-order valence-electron chi connectivity index (χ0n) is 16.7. The number of anilines is 1. The number of nitrogens with zero attached hydrogens (tertiary/aromatic N) is 1. The third-order valence-electron chi connectivity index (χ3n) is 3.93. The number of amides is 1. The van der Waals surface area contributed by atoms with Crippen LogP contribution in [0.4, 0.5) is 5.69 Å². The lowest BCUT2D eigenvalue weighted by molar-refractivity contribution is -0.149. The van der Waals surface area contributed by atoms with Crippen LogP contribution >= 0.6 is 0 Å². The number of para-hydroxylation sites is 1. The fourth-order valence-electron chi connectivity index (χ4n) is 2.59. The minimum absolute atomic E-state index is 0.312. The Labute approximate surface area is 171 Å². The average molecular weight is 395 g/mol. The van der Waals surface area contributed by atoms with E-state index in [0.29, 0.717) is 23.7 Å². The zero-order valence-corrected chi connectivity index (χ0v) is 16.7. The number of methoxy groups -OCH3 is 1. The minimum Gasteiger partial charge on any atom is -0.493 e. The Morgan fingerprint density at radius 2 is 1.83 bits per heavy atom. The smallest absolute Gasteiger partial charge is 0.344 e. The van der Waals surface area contributed by atoms with Gasteiger partial charge in [-0.1, -0.05) is 42.5 Å². The highest BCUT2D eigenvalue weighted by Crippen LogP contribution is 2.28. The summed E-state index contributed by atoms with van der Waals surface area (Å²) in [6.07, 6.45) is 5.45. The molecule has 0 N–H and O–H groups in total. The average Bonchev–Trinajstić information content (AvgIpc) is 2.75. The zero-order chi connectivity index (χ0) is 21.1. The number of hydrogen-bond acceptors (Lipinski definition) is 5. The highest BCUT2D eigenvalue weighted by atomic mass is 16.6. The van der Waals surface area contributed by atoms with E-state index < -0.39 is 5.97 Å². The van der Waals surface area contributed by atoms with Gasteiger partial charge in [-0.3, -0.25) is 4.79 Å². The molecule has 6 heteroatoms. The molecule has 0 spiro atoms. The SMILES string of the molecule is C=CCN(C(=O)COC(=O)COc1ccc(/C=C/C)cc1OC)c1ccccc1. The molecule has 2 rings (SSSR count). The Hall–Kier alpha value is -3.54. The maximum absolute atomic E-state index is 12.4. The van der Waals surface area contributed by atoms with Gasteiger partial charge in [-0.05, 0) is 36.8 Å². The molecule has 29 heavy (non-hydrogen) atoms. The van der Waals surface area contributed by atoms with Gasteiger partial charge in [-0.15, -0.1) is 6.58 Å². The summed E-state index contributed by atoms with van der Waals surface area (Å²) in [4.78, 5) is 26.0. The number of carbonyl (C=O) groups is 2. The van der Waals surface area contributed by atoms with Crippen molar-refractivity contribution in [1.82, 2.24) is 0 Å². The van der Waals surface area contributed by atoms with Gasteiger partial charge < -0.3 is 19.1 Å². The van der Waals surface area contributed by atoms with Crippen LogP contribution < -0.4 is 14.4 Å². The van der Waals surface area contributed by atoms with Gasteiger partial charge in [0.2, 0.25) is 0 Å². The molecule has 0 heterocycles. The topological polar surface area (TPSA) is 65.1 Å². The normalized spacial score (nSPS) is 10.4.